The van der Waals surface area contributed by atoms with Crippen LogP contribution >= 0.6 is 0 Å². The summed E-state index contributed by atoms with van der Waals surface area (Å²) in [6.07, 6.45) is 5.47. The standard InChI is InChI=1S/C18H23FN4O/c1-14-4-2-3-11-22(14)13-10-20-18(24)17-9-12-23(21-17)16-7-5-15(19)6-8-16/h5-9,12,14H,2-4,10-11,13H2,1H3,(H,20,24)/t14-/m1/s1. The molecule has 0 aliphatic carbocycles. The second-order valence-electron chi connectivity index (χ2n) is 6.26. The molecule has 2 heterocycles. The summed E-state index contributed by atoms with van der Waals surface area (Å²) in [5, 5.41) is 7.18. The van der Waals surface area contributed by atoms with Crippen molar-refractivity contribution in [2.45, 2.75) is 32.2 Å². The number of amides is 1. The van der Waals surface area contributed by atoms with Crippen LogP contribution in [0.3, 0.4) is 0 Å². The first kappa shape index (κ1) is 16.6. The van der Waals surface area contributed by atoms with Crippen LogP contribution in [0.15, 0.2) is 36.5 Å². The highest BCUT2D eigenvalue weighted by atomic mass is 19.1. The maximum atomic E-state index is 13.0. The Labute approximate surface area is 141 Å². The molecule has 128 valence electrons. The molecule has 2 aromatic rings. The quantitative estimate of drug-likeness (QED) is 0.917. The van der Waals surface area contributed by atoms with Gasteiger partial charge in [-0.05, 0) is 56.6 Å². The first-order valence-electron chi connectivity index (χ1n) is 8.47. The van der Waals surface area contributed by atoms with Gasteiger partial charge >= 0.3 is 0 Å². The number of benzene rings is 1. The second-order valence-corrected chi connectivity index (χ2v) is 6.26. The fourth-order valence-corrected chi connectivity index (χ4v) is 3.08. The van der Waals surface area contributed by atoms with E-state index in [0.717, 1.165) is 18.8 Å². The van der Waals surface area contributed by atoms with E-state index in [1.165, 1.54) is 31.4 Å². The molecule has 1 aliphatic rings. The number of nitrogens with one attached hydrogen (secondary N) is 1. The Kier molecular flexibility index (Phi) is 5.25. The van der Waals surface area contributed by atoms with Gasteiger partial charge in [0.1, 0.15) is 5.82 Å². The van der Waals surface area contributed by atoms with Gasteiger partial charge in [-0.2, -0.15) is 5.10 Å². The van der Waals surface area contributed by atoms with Gasteiger partial charge in [0.05, 0.1) is 5.69 Å². The van der Waals surface area contributed by atoms with Gasteiger partial charge in [-0.15, -0.1) is 0 Å². The third kappa shape index (κ3) is 4.00. The SMILES string of the molecule is C[C@@H]1CCCCN1CCNC(=O)c1ccn(-c2ccc(F)cc2)n1. The van der Waals surface area contributed by atoms with Crippen LogP contribution < -0.4 is 5.32 Å². The molecule has 1 aliphatic heterocycles. The molecular weight excluding hydrogens is 307 g/mol. The van der Waals surface area contributed by atoms with Crippen LogP contribution in [0.4, 0.5) is 4.39 Å². The smallest absolute Gasteiger partial charge is 0.271 e. The van der Waals surface area contributed by atoms with Crippen molar-refractivity contribution < 1.29 is 9.18 Å². The largest absolute Gasteiger partial charge is 0.349 e. The van der Waals surface area contributed by atoms with Crippen molar-refractivity contribution in [2.24, 2.45) is 0 Å². The van der Waals surface area contributed by atoms with E-state index < -0.39 is 0 Å². The number of halogens is 1. The minimum absolute atomic E-state index is 0.180. The topological polar surface area (TPSA) is 50.2 Å². The fraction of sp³-hybridized carbons (Fsp3) is 0.444. The molecule has 1 amide bonds. The average molecular weight is 330 g/mol. The summed E-state index contributed by atoms with van der Waals surface area (Å²) in [5.41, 5.74) is 1.09. The van der Waals surface area contributed by atoms with Gasteiger partial charge < -0.3 is 5.32 Å². The number of aromatic nitrogens is 2. The van der Waals surface area contributed by atoms with E-state index in [0.29, 0.717) is 18.3 Å². The molecule has 0 unspecified atom stereocenters. The number of carbonyl (C=O) groups excluding carboxylic acids is 1. The van der Waals surface area contributed by atoms with Crippen molar-refractivity contribution in [3.8, 4) is 5.69 Å². The van der Waals surface area contributed by atoms with E-state index in [4.69, 9.17) is 0 Å². The molecule has 1 N–H and O–H groups in total. The van der Waals surface area contributed by atoms with Crippen LogP contribution in [0.1, 0.15) is 36.7 Å². The van der Waals surface area contributed by atoms with Crippen LogP contribution in [0.25, 0.3) is 5.69 Å². The Balaban J connectivity index is 1.53. The summed E-state index contributed by atoms with van der Waals surface area (Å²) < 4.78 is 14.5. The van der Waals surface area contributed by atoms with Crippen LogP contribution in [0.5, 0.6) is 0 Å². The Bertz CT molecular complexity index is 683. The van der Waals surface area contributed by atoms with E-state index in [1.807, 2.05) is 0 Å². The number of rotatable bonds is 5. The number of nitrogens with zero attached hydrogens (tertiary/aromatic N) is 3. The summed E-state index contributed by atoms with van der Waals surface area (Å²) in [6.45, 7) is 4.83. The van der Waals surface area contributed by atoms with Gasteiger partial charge in [0.15, 0.2) is 5.69 Å². The van der Waals surface area contributed by atoms with E-state index >= 15 is 0 Å². The zero-order valence-electron chi connectivity index (χ0n) is 13.9. The highest BCUT2D eigenvalue weighted by Gasteiger charge is 2.18. The molecule has 6 heteroatoms. The third-order valence-corrected chi connectivity index (χ3v) is 4.54. The Morgan fingerprint density at radius 2 is 2.08 bits per heavy atom. The van der Waals surface area contributed by atoms with Gasteiger partial charge in [0, 0.05) is 25.3 Å². The first-order chi connectivity index (χ1) is 11.6. The predicted molar refractivity (Wildman–Crippen MR) is 90.7 cm³/mol. The summed E-state index contributed by atoms with van der Waals surface area (Å²) in [5.74, 6) is -0.476. The molecule has 1 fully saturated rings. The molecule has 0 bridgehead atoms. The van der Waals surface area contributed by atoms with E-state index in [-0.39, 0.29) is 11.7 Å². The predicted octanol–water partition coefficient (Wildman–Crippen LogP) is 2.62. The summed E-state index contributed by atoms with van der Waals surface area (Å²) in [6, 6.07) is 8.26. The molecule has 1 saturated heterocycles. The van der Waals surface area contributed by atoms with Crippen molar-refractivity contribution in [1.29, 1.82) is 0 Å². The van der Waals surface area contributed by atoms with Crippen molar-refractivity contribution in [3.63, 3.8) is 0 Å². The average Bonchev–Trinajstić information content (AvgIpc) is 3.07. The van der Waals surface area contributed by atoms with Gasteiger partial charge in [0.25, 0.3) is 5.91 Å². The van der Waals surface area contributed by atoms with Crippen LogP contribution in [-0.4, -0.2) is 46.3 Å². The number of likely N-dealkylation sites (tertiary alicyclic amines) is 1. The molecular formula is C18H23FN4O. The van der Waals surface area contributed by atoms with Gasteiger partial charge in [-0.1, -0.05) is 6.42 Å². The minimum atomic E-state index is -0.296. The highest BCUT2D eigenvalue weighted by Crippen LogP contribution is 2.15. The Morgan fingerprint density at radius 3 is 2.83 bits per heavy atom. The number of carbonyl (C=O) groups is 1. The number of piperidine rings is 1. The van der Waals surface area contributed by atoms with Crippen molar-refractivity contribution in [1.82, 2.24) is 20.0 Å². The molecule has 5 nitrogen and oxygen atoms in total. The molecule has 0 saturated carbocycles. The van der Waals surface area contributed by atoms with E-state index in [2.05, 4.69) is 22.2 Å². The van der Waals surface area contributed by atoms with Gasteiger partial charge in [-0.3, -0.25) is 9.69 Å². The maximum Gasteiger partial charge on any atom is 0.271 e. The van der Waals surface area contributed by atoms with E-state index in [1.54, 1.807) is 29.1 Å². The molecule has 0 radical (unpaired) electrons. The third-order valence-electron chi connectivity index (χ3n) is 4.54. The summed E-state index contributed by atoms with van der Waals surface area (Å²) in [7, 11) is 0. The Hall–Kier alpha value is -2.21. The molecule has 0 spiro atoms. The molecule has 1 atom stereocenters. The zero-order chi connectivity index (χ0) is 16.9. The summed E-state index contributed by atoms with van der Waals surface area (Å²) >= 11 is 0. The first-order valence-corrected chi connectivity index (χ1v) is 8.47. The number of hydrogen-bond donors (Lipinski definition) is 1. The lowest BCUT2D eigenvalue weighted by Crippen LogP contribution is -2.42. The lowest BCUT2D eigenvalue weighted by atomic mass is 10.0. The number of hydrogen-bond acceptors (Lipinski definition) is 3. The van der Waals surface area contributed by atoms with Crippen molar-refractivity contribution in [3.05, 3.63) is 48.0 Å². The van der Waals surface area contributed by atoms with Gasteiger partial charge in [0.2, 0.25) is 0 Å². The van der Waals surface area contributed by atoms with Crippen LogP contribution in [0.2, 0.25) is 0 Å². The second kappa shape index (κ2) is 7.57. The van der Waals surface area contributed by atoms with Crippen LogP contribution in [0, 0.1) is 5.82 Å². The summed E-state index contributed by atoms with van der Waals surface area (Å²) in [4.78, 5) is 14.6. The molecule has 1 aromatic carbocycles. The van der Waals surface area contributed by atoms with Crippen molar-refractivity contribution in [2.75, 3.05) is 19.6 Å². The molecule has 24 heavy (non-hydrogen) atoms. The molecule has 1 aromatic heterocycles. The monoisotopic (exact) mass is 330 g/mol. The van der Waals surface area contributed by atoms with E-state index in [9.17, 15) is 9.18 Å². The van der Waals surface area contributed by atoms with Crippen LogP contribution in [-0.2, 0) is 0 Å². The normalized spacial score (nSPS) is 18.5. The maximum absolute atomic E-state index is 13.0. The zero-order valence-corrected chi connectivity index (χ0v) is 13.9. The van der Waals surface area contributed by atoms with Gasteiger partial charge in [-0.25, -0.2) is 9.07 Å². The minimum Gasteiger partial charge on any atom is -0.349 e. The highest BCUT2D eigenvalue weighted by molar-refractivity contribution is 5.92. The fourth-order valence-electron chi connectivity index (χ4n) is 3.08. The molecule has 3 rings (SSSR count). The van der Waals surface area contributed by atoms with Crippen molar-refractivity contribution >= 4 is 5.91 Å². The lowest BCUT2D eigenvalue weighted by molar-refractivity contribution is 0.0933. The lowest BCUT2D eigenvalue weighted by Gasteiger charge is -2.33. The Morgan fingerprint density at radius 1 is 1.29 bits per heavy atom.